The molecule has 1 amide bonds. The van der Waals surface area contributed by atoms with Crippen LogP contribution in [0.5, 0.6) is 0 Å². The molecule has 72 valence electrons. The zero-order valence-corrected chi connectivity index (χ0v) is 8.91. The van der Waals surface area contributed by atoms with Crippen molar-refractivity contribution in [2.24, 2.45) is 0 Å². The third-order valence-electron chi connectivity index (χ3n) is 1.40. The predicted molar refractivity (Wildman–Crippen MR) is 54.6 cm³/mol. The van der Waals surface area contributed by atoms with E-state index in [9.17, 15) is 4.79 Å². The monoisotopic (exact) mass is 190 g/mol. The molecular formula is C8H18N2OS. The van der Waals surface area contributed by atoms with E-state index in [0.29, 0.717) is 6.54 Å². The van der Waals surface area contributed by atoms with Crippen molar-refractivity contribution in [2.75, 3.05) is 38.7 Å². The Morgan fingerprint density at radius 1 is 1.50 bits per heavy atom. The fourth-order valence-corrected chi connectivity index (χ4v) is 1.22. The molecule has 0 saturated carbocycles. The number of likely N-dealkylation sites (N-methyl/N-ethyl adjacent to an activating group) is 1. The highest BCUT2D eigenvalue weighted by molar-refractivity contribution is 7.99. The fourth-order valence-electron chi connectivity index (χ4n) is 0.642. The van der Waals surface area contributed by atoms with Gasteiger partial charge in [-0.1, -0.05) is 6.92 Å². The third kappa shape index (κ3) is 6.49. The molecule has 0 radical (unpaired) electrons. The highest BCUT2D eigenvalue weighted by atomic mass is 32.2. The molecule has 0 aliphatic carbocycles. The van der Waals surface area contributed by atoms with Gasteiger partial charge in [-0.3, -0.25) is 4.79 Å². The van der Waals surface area contributed by atoms with Crippen LogP contribution in [0.3, 0.4) is 0 Å². The number of nitrogens with one attached hydrogen (secondary N) is 1. The van der Waals surface area contributed by atoms with Crippen LogP contribution in [0.4, 0.5) is 0 Å². The van der Waals surface area contributed by atoms with E-state index in [4.69, 9.17) is 0 Å². The van der Waals surface area contributed by atoms with Gasteiger partial charge in [0.2, 0.25) is 5.91 Å². The Balaban J connectivity index is 3.14. The van der Waals surface area contributed by atoms with Crippen molar-refractivity contribution in [3.05, 3.63) is 0 Å². The highest BCUT2D eigenvalue weighted by Gasteiger charge is 2.00. The average Bonchev–Trinajstić information content (AvgIpc) is 2.03. The first-order valence-electron chi connectivity index (χ1n) is 4.17. The smallest absolute Gasteiger partial charge is 0.236 e. The quantitative estimate of drug-likeness (QED) is 0.616. The Bertz CT molecular complexity index is 128. The summed E-state index contributed by atoms with van der Waals surface area (Å²) < 4.78 is 0. The van der Waals surface area contributed by atoms with Crippen LogP contribution in [0.25, 0.3) is 0 Å². The van der Waals surface area contributed by atoms with Crippen LogP contribution in [0.2, 0.25) is 0 Å². The number of rotatable bonds is 6. The number of thioether (sulfide) groups is 1. The molecule has 0 aromatic carbocycles. The standard InChI is InChI=1S/C8H18N2OS/c1-4-12-6-5-9-7-8(11)10(2)3/h9H,4-7H2,1-3H3. The first kappa shape index (κ1) is 11.8. The van der Waals surface area contributed by atoms with Gasteiger partial charge in [0.1, 0.15) is 0 Å². The van der Waals surface area contributed by atoms with Gasteiger partial charge in [-0.2, -0.15) is 11.8 Å². The number of hydrogen-bond donors (Lipinski definition) is 1. The summed E-state index contributed by atoms with van der Waals surface area (Å²) in [5.74, 6) is 2.36. The lowest BCUT2D eigenvalue weighted by Gasteiger charge is -2.10. The van der Waals surface area contributed by atoms with Crippen LogP contribution in [0, 0.1) is 0 Å². The first-order chi connectivity index (χ1) is 5.68. The lowest BCUT2D eigenvalue weighted by Crippen LogP contribution is -2.33. The molecule has 0 atom stereocenters. The van der Waals surface area contributed by atoms with Gasteiger partial charge in [-0.25, -0.2) is 0 Å². The molecule has 0 aliphatic heterocycles. The summed E-state index contributed by atoms with van der Waals surface area (Å²) in [7, 11) is 3.54. The van der Waals surface area contributed by atoms with Gasteiger partial charge in [0.05, 0.1) is 6.54 Å². The summed E-state index contributed by atoms with van der Waals surface area (Å²) in [4.78, 5) is 12.6. The van der Waals surface area contributed by atoms with Gasteiger partial charge in [0.15, 0.2) is 0 Å². The van der Waals surface area contributed by atoms with E-state index in [1.54, 1.807) is 19.0 Å². The molecule has 3 nitrogen and oxygen atoms in total. The van der Waals surface area contributed by atoms with Crippen LogP contribution < -0.4 is 5.32 Å². The topological polar surface area (TPSA) is 32.3 Å². The van der Waals surface area contributed by atoms with E-state index >= 15 is 0 Å². The van der Waals surface area contributed by atoms with E-state index in [1.165, 1.54) is 0 Å². The molecule has 0 fully saturated rings. The SMILES string of the molecule is CCSCCNCC(=O)N(C)C. The molecule has 1 N–H and O–H groups in total. The van der Waals surface area contributed by atoms with Crippen LogP contribution in [-0.4, -0.2) is 49.5 Å². The molecule has 0 saturated heterocycles. The molecule has 0 unspecified atom stereocenters. The van der Waals surface area contributed by atoms with E-state index < -0.39 is 0 Å². The molecule has 0 rings (SSSR count). The van der Waals surface area contributed by atoms with Crippen molar-refractivity contribution in [3.8, 4) is 0 Å². The van der Waals surface area contributed by atoms with E-state index in [0.717, 1.165) is 18.1 Å². The van der Waals surface area contributed by atoms with Gasteiger partial charge >= 0.3 is 0 Å². The van der Waals surface area contributed by atoms with Crippen molar-refractivity contribution in [3.63, 3.8) is 0 Å². The van der Waals surface area contributed by atoms with E-state index in [-0.39, 0.29) is 5.91 Å². The fraction of sp³-hybridized carbons (Fsp3) is 0.875. The van der Waals surface area contributed by atoms with Crippen LogP contribution in [-0.2, 0) is 4.79 Å². The van der Waals surface area contributed by atoms with E-state index in [1.807, 2.05) is 11.8 Å². The summed E-state index contributed by atoms with van der Waals surface area (Å²) in [6.45, 7) is 3.50. The largest absolute Gasteiger partial charge is 0.348 e. The zero-order chi connectivity index (χ0) is 9.40. The summed E-state index contributed by atoms with van der Waals surface area (Å²) in [5.41, 5.74) is 0. The Kier molecular flexibility index (Phi) is 7.29. The van der Waals surface area contributed by atoms with Crippen molar-refractivity contribution in [2.45, 2.75) is 6.92 Å². The van der Waals surface area contributed by atoms with Gasteiger partial charge in [0.25, 0.3) is 0 Å². The number of nitrogens with zero attached hydrogens (tertiary/aromatic N) is 1. The normalized spacial score (nSPS) is 9.92. The Labute approximate surface area is 78.9 Å². The number of hydrogen-bond acceptors (Lipinski definition) is 3. The minimum Gasteiger partial charge on any atom is -0.348 e. The maximum Gasteiger partial charge on any atom is 0.236 e. The van der Waals surface area contributed by atoms with Crippen molar-refractivity contribution < 1.29 is 4.79 Å². The molecular weight excluding hydrogens is 172 g/mol. The molecule has 0 bridgehead atoms. The Morgan fingerprint density at radius 2 is 2.17 bits per heavy atom. The molecule has 0 aromatic rings. The Hall–Kier alpha value is -0.220. The molecule has 4 heteroatoms. The van der Waals surface area contributed by atoms with Gasteiger partial charge in [-0.15, -0.1) is 0 Å². The van der Waals surface area contributed by atoms with Crippen LogP contribution >= 0.6 is 11.8 Å². The lowest BCUT2D eigenvalue weighted by atomic mass is 10.5. The van der Waals surface area contributed by atoms with E-state index in [2.05, 4.69) is 12.2 Å². The average molecular weight is 190 g/mol. The predicted octanol–water partition coefficient (Wildman–Crippen LogP) is 0.417. The van der Waals surface area contributed by atoms with Crippen molar-refractivity contribution in [1.82, 2.24) is 10.2 Å². The molecule has 0 heterocycles. The number of carbonyl (C=O) groups is 1. The number of amides is 1. The summed E-state index contributed by atoms with van der Waals surface area (Å²) >= 11 is 1.88. The van der Waals surface area contributed by atoms with Crippen LogP contribution in [0.15, 0.2) is 0 Å². The van der Waals surface area contributed by atoms with Gasteiger partial charge in [0, 0.05) is 26.4 Å². The zero-order valence-electron chi connectivity index (χ0n) is 8.09. The second-order valence-electron chi connectivity index (χ2n) is 2.66. The molecule has 12 heavy (non-hydrogen) atoms. The second kappa shape index (κ2) is 7.43. The molecule has 0 aliphatic rings. The van der Waals surface area contributed by atoms with Crippen LogP contribution in [0.1, 0.15) is 6.92 Å². The van der Waals surface area contributed by atoms with Gasteiger partial charge in [-0.05, 0) is 5.75 Å². The van der Waals surface area contributed by atoms with Crippen molar-refractivity contribution in [1.29, 1.82) is 0 Å². The molecule has 0 spiro atoms. The summed E-state index contributed by atoms with van der Waals surface area (Å²) in [6, 6.07) is 0. The maximum atomic E-state index is 11.0. The molecule has 0 aromatic heterocycles. The summed E-state index contributed by atoms with van der Waals surface area (Å²) in [5, 5.41) is 3.09. The highest BCUT2D eigenvalue weighted by Crippen LogP contribution is 1.94. The lowest BCUT2D eigenvalue weighted by molar-refractivity contribution is -0.127. The second-order valence-corrected chi connectivity index (χ2v) is 4.06. The minimum absolute atomic E-state index is 0.136. The van der Waals surface area contributed by atoms with Crippen molar-refractivity contribution >= 4 is 17.7 Å². The third-order valence-corrected chi connectivity index (χ3v) is 2.30. The minimum atomic E-state index is 0.136. The first-order valence-corrected chi connectivity index (χ1v) is 5.32. The van der Waals surface area contributed by atoms with Gasteiger partial charge < -0.3 is 10.2 Å². The number of carbonyl (C=O) groups excluding carboxylic acids is 1. The maximum absolute atomic E-state index is 11.0. The Morgan fingerprint density at radius 3 is 2.67 bits per heavy atom. The summed E-state index contributed by atoms with van der Waals surface area (Å²) in [6.07, 6.45) is 0.